The van der Waals surface area contributed by atoms with Crippen molar-refractivity contribution in [1.82, 2.24) is 9.97 Å². The van der Waals surface area contributed by atoms with Crippen LogP contribution in [0.2, 0.25) is 0 Å². The van der Waals surface area contributed by atoms with Crippen molar-refractivity contribution >= 4 is 26.8 Å². The summed E-state index contributed by atoms with van der Waals surface area (Å²) in [4.78, 5) is 8.96. The van der Waals surface area contributed by atoms with Gasteiger partial charge in [-0.1, -0.05) is 18.6 Å². The fourth-order valence-electron chi connectivity index (χ4n) is 1.75. The molecule has 3 heteroatoms. The van der Waals surface area contributed by atoms with Gasteiger partial charge in [-0.15, -0.1) is 0 Å². The molecule has 15 heavy (non-hydrogen) atoms. The van der Waals surface area contributed by atoms with Gasteiger partial charge in [0, 0.05) is 11.8 Å². The van der Waals surface area contributed by atoms with Crippen LogP contribution >= 0.6 is 15.9 Å². The van der Waals surface area contributed by atoms with Gasteiger partial charge in [0.15, 0.2) is 0 Å². The Balaban J connectivity index is 2.85. The highest BCUT2D eigenvalue weighted by Crippen LogP contribution is 2.25. The molecule has 0 saturated carbocycles. The van der Waals surface area contributed by atoms with E-state index in [2.05, 4.69) is 58.8 Å². The molecule has 0 atom stereocenters. The van der Waals surface area contributed by atoms with Gasteiger partial charge in [-0.3, -0.25) is 0 Å². The monoisotopic (exact) mass is 264 g/mol. The number of benzene rings is 1. The molecular weight excluding hydrogens is 252 g/mol. The first-order valence-electron chi connectivity index (χ1n) is 5.05. The standard InChI is InChI=1S/C12H13BrN2/c1-4-10-14-11-8(3)5-7(2)6-9(11)12(13)15-10/h5-6H,4H2,1-3H3. The quantitative estimate of drug-likeness (QED) is 0.736. The smallest absolute Gasteiger partial charge is 0.130 e. The maximum atomic E-state index is 4.55. The Morgan fingerprint density at radius 2 is 1.93 bits per heavy atom. The normalized spacial score (nSPS) is 10.9. The van der Waals surface area contributed by atoms with Gasteiger partial charge in [-0.05, 0) is 41.4 Å². The van der Waals surface area contributed by atoms with Gasteiger partial charge in [-0.2, -0.15) is 0 Å². The van der Waals surface area contributed by atoms with E-state index in [0.717, 1.165) is 27.8 Å². The third-order valence-corrected chi connectivity index (χ3v) is 3.06. The predicted octanol–water partition coefficient (Wildman–Crippen LogP) is 3.57. The minimum Gasteiger partial charge on any atom is -0.233 e. The van der Waals surface area contributed by atoms with Gasteiger partial charge in [0.1, 0.15) is 10.4 Å². The van der Waals surface area contributed by atoms with Crippen LogP contribution in [0.25, 0.3) is 10.9 Å². The first-order valence-corrected chi connectivity index (χ1v) is 5.84. The van der Waals surface area contributed by atoms with Crippen molar-refractivity contribution in [1.29, 1.82) is 0 Å². The Kier molecular flexibility index (Phi) is 2.74. The lowest BCUT2D eigenvalue weighted by Crippen LogP contribution is -1.96. The fourth-order valence-corrected chi connectivity index (χ4v) is 2.26. The Bertz CT molecular complexity index is 521. The minimum atomic E-state index is 0.863. The van der Waals surface area contributed by atoms with Crippen molar-refractivity contribution in [3.8, 4) is 0 Å². The summed E-state index contributed by atoms with van der Waals surface area (Å²) in [6.07, 6.45) is 0.863. The molecule has 0 unspecified atom stereocenters. The molecule has 0 amide bonds. The van der Waals surface area contributed by atoms with Gasteiger partial charge in [0.2, 0.25) is 0 Å². The van der Waals surface area contributed by atoms with Gasteiger partial charge < -0.3 is 0 Å². The van der Waals surface area contributed by atoms with Crippen molar-refractivity contribution < 1.29 is 0 Å². The molecule has 0 bridgehead atoms. The molecule has 0 saturated heterocycles. The molecule has 0 radical (unpaired) electrons. The van der Waals surface area contributed by atoms with Crippen LogP contribution < -0.4 is 0 Å². The molecule has 1 heterocycles. The lowest BCUT2D eigenvalue weighted by Gasteiger charge is -2.06. The number of aryl methyl sites for hydroxylation is 3. The summed E-state index contributed by atoms with van der Waals surface area (Å²) in [7, 11) is 0. The van der Waals surface area contributed by atoms with Crippen LogP contribution in [0.5, 0.6) is 0 Å². The van der Waals surface area contributed by atoms with E-state index >= 15 is 0 Å². The molecule has 0 aliphatic rings. The Morgan fingerprint density at radius 3 is 2.60 bits per heavy atom. The van der Waals surface area contributed by atoms with Crippen LogP contribution in [0, 0.1) is 13.8 Å². The van der Waals surface area contributed by atoms with E-state index < -0.39 is 0 Å². The number of halogens is 1. The van der Waals surface area contributed by atoms with E-state index in [4.69, 9.17) is 0 Å². The highest BCUT2D eigenvalue weighted by molar-refractivity contribution is 9.10. The lowest BCUT2D eigenvalue weighted by atomic mass is 10.1. The second kappa shape index (κ2) is 3.89. The molecule has 0 fully saturated rings. The van der Waals surface area contributed by atoms with Crippen molar-refractivity contribution in [2.45, 2.75) is 27.2 Å². The molecule has 2 aromatic rings. The molecule has 0 spiro atoms. The number of hydrogen-bond acceptors (Lipinski definition) is 2. The number of fused-ring (bicyclic) bond motifs is 1. The van der Waals surface area contributed by atoms with Gasteiger partial charge in [0.25, 0.3) is 0 Å². The summed E-state index contributed by atoms with van der Waals surface area (Å²) >= 11 is 3.51. The van der Waals surface area contributed by atoms with Crippen LogP contribution in [0.3, 0.4) is 0 Å². The SMILES string of the molecule is CCc1nc(Br)c2cc(C)cc(C)c2n1. The van der Waals surface area contributed by atoms with Crippen molar-refractivity contribution in [3.05, 3.63) is 33.7 Å². The lowest BCUT2D eigenvalue weighted by molar-refractivity contribution is 0.948. The van der Waals surface area contributed by atoms with E-state index in [1.165, 1.54) is 11.1 Å². The van der Waals surface area contributed by atoms with Crippen LogP contribution in [0.15, 0.2) is 16.7 Å². The molecular formula is C12H13BrN2. The second-order valence-electron chi connectivity index (χ2n) is 3.76. The molecule has 1 aromatic carbocycles. The Labute approximate surface area is 97.9 Å². The average Bonchev–Trinajstić information content (AvgIpc) is 2.19. The van der Waals surface area contributed by atoms with Crippen LogP contribution in [0.1, 0.15) is 23.9 Å². The third-order valence-electron chi connectivity index (χ3n) is 2.45. The summed E-state index contributed by atoms with van der Waals surface area (Å²) in [6.45, 7) is 6.25. The van der Waals surface area contributed by atoms with Crippen LogP contribution in [-0.2, 0) is 6.42 Å². The van der Waals surface area contributed by atoms with Crippen LogP contribution in [-0.4, -0.2) is 9.97 Å². The molecule has 78 valence electrons. The zero-order chi connectivity index (χ0) is 11.0. The summed E-state index contributed by atoms with van der Waals surface area (Å²) < 4.78 is 0.899. The largest absolute Gasteiger partial charge is 0.233 e. The van der Waals surface area contributed by atoms with E-state index in [-0.39, 0.29) is 0 Å². The zero-order valence-corrected chi connectivity index (χ0v) is 10.7. The number of nitrogens with zero attached hydrogens (tertiary/aromatic N) is 2. The summed E-state index contributed by atoms with van der Waals surface area (Å²) in [5, 5.41) is 1.10. The Morgan fingerprint density at radius 1 is 1.20 bits per heavy atom. The number of hydrogen-bond donors (Lipinski definition) is 0. The molecule has 0 aliphatic heterocycles. The van der Waals surface area contributed by atoms with E-state index in [1.807, 2.05) is 0 Å². The van der Waals surface area contributed by atoms with E-state index in [1.54, 1.807) is 0 Å². The van der Waals surface area contributed by atoms with Crippen molar-refractivity contribution in [3.63, 3.8) is 0 Å². The van der Waals surface area contributed by atoms with Gasteiger partial charge in [-0.25, -0.2) is 9.97 Å². The summed E-state index contributed by atoms with van der Waals surface area (Å²) in [5.41, 5.74) is 3.51. The predicted molar refractivity (Wildman–Crippen MR) is 66.1 cm³/mol. The first kappa shape index (κ1) is 10.6. The van der Waals surface area contributed by atoms with Crippen molar-refractivity contribution in [2.75, 3.05) is 0 Å². The molecule has 1 aromatic heterocycles. The molecule has 2 nitrogen and oxygen atoms in total. The summed E-state index contributed by atoms with van der Waals surface area (Å²) in [5.74, 6) is 0.890. The van der Waals surface area contributed by atoms with E-state index in [0.29, 0.717) is 0 Å². The van der Waals surface area contributed by atoms with Gasteiger partial charge >= 0.3 is 0 Å². The van der Waals surface area contributed by atoms with Crippen molar-refractivity contribution in [2.24, 2.45) is 0 Å². The number of rotatable bonds is 1. The maximum absolute atomic E-state index is 4.55. The summed E-state index contributed by atoms with van der Waals surface area (Å²) in [6, 6.07) is 4.27. The highest BCUT2D eigenvalue weighted by Gasteiger charge is 2.07. The first-order chi connectivity index (χ1) is 7.11. The highest BCUT2D eigenvalue weighted by atomic mass is 79.9. The van der Waals surface area contributed by atoms with Crippen LogP contribution in [0.4, 0.5) is 0 Å². The fraction of sp³-hybridized carbons (Fsp3) is 0.333. The molecule has 2 rings (SSSR count). The average molecular weight is 265 g/mol. The third kappa shape index (κ3) is 1.88. The van der Waals surface area contributed by atoms with Gasteiger partial charge in [0.05, 0.1) is 5.52 Å². The van der Waals surface area contributed by atoms with E-state index in [9.17, 15) is 0 Å². The molecule has 0 N–H and O–H groups in total. The topological polar surface area (TPSA) is 25.8 Å². The minimum absolute atomic E-state index is 0.863. The zero-order valence-electron chi connectivity index (χ0n) is 9.13. The maximum Gasteiger partial charge on any atom is 0.130 e. The Hall–Kier alpha value is -0.960. The second-order valence-corrected chi connectivity index (χ2v) is 4.51. The molecule has 0 aliphatic carbocycles. The number of aromatic nitrogens is 2.